The van der Waals surface area contributed by atoms with Gasteiger partial charge in [-0.25, -0.2) is 4.39 Å². The molecule has 0 radical (unpaired) electrons. The normalized spacial score (nSPS) is 31.4. The van der Waals surface area contributed by atoms with E-state index < -0.39 is 0 Å². The van der Waals surface area contributed by atoms with Crippen molar-refractivity contribution in [1.29, 1.82) is 0 Å². The molecule has 3 fully saturated rings. The lowest BCUT2D eigenvalue weighted by molar-refractivity contribution is -0.121. The maximum absolute atomic E-state index is 14.6. The van der Waals surface area contributed by atoms with Gasteiger partial charge >= 0.3 is 0 Å². The molecular formula is C21H25ClFN3OS. The summed E-state index contributed by atoms with van der Waals surface area (Å²) in [6, 6.07) is 5.14. The fourth-order valence-corrected chi connectivity index (χ4v) is 6.03. The van der Waals surface area contributed by atoms with Gasteiger partial charge in [-0.15, -0.1) is 12.6 Å². The monoisotopic (exact) mass is 421 g/mol. The predicted molar refractivity (Wildman–Crippen MR) is 110 cm³/mol. The molecule has 2 saturated carbocycles. The van der Waals surface area contributed by atoms with E-state index in [0.29, 0.717) is 23.0 Å². The molecule has 2 aliphatic heterocycles. The van der Waals surface area contributed by atoms with Crippen LogP contribution in [0.3, 0.4) is 0 Å². The minimum absolute atomic E-state index is 0.0794. The minimum atomic E-state index is -0.236. The minimum Gasteiger partial charge on any atom is -0.353 e. The highest BCUT2D eigenvalue weighted by Crippen LogP contribution is 2.67. The molecule has 5 rings (SSSR count). The Morgan fingerprint density at radius 1 is 1.39 bits per heavy atom. The van der Waals surface area contributed by atoms with E-state index >= 15 is 0 Å². The highest BCUT2D eigenvalue weighted by Gasteiger charge is 2.67. The SMILES string of the molecule is CN1C(CC(=O)NC2CCCC2)=C2[C@@H]3C[C@]3(c3cc(Cl)ccc3F)CN2C1S. The van der Waals surface area contributed by atoms with Gasteiger partial charge in [0.15, 0.2) is 0 Å². The largest absolute Gasteiger partial charge is 0.353 e. The molecule has 0 bridgehead atoms. The summed E-state index contributed by atoms with van der Waals surface area (Å²) in [5.41, 5.74) is 2.55. The lowest BCUT2D eigenvalue weighted by Gasteiger charge is -2.29. The van der Waals surface area contributed by atoms with Crippen molar-refractivity contribution in [3.63, 3.8) is 0 Å². The van der Waals surface area contributed by atoms with Gasteiger partial charge in [-0.2, -0.15) is 0 Å². The van der Waals surface area contributed by atoms with Crippen LogP contribution in [0.4, 0.5) is 4.39 Å². The number of hydrogen-bond donors (Lipinski definition) is 2. The van der Waals surface area contributed by atoms with Crippen molar-refractivity contribution in [3.05, 3.63) is 46.0 Å². The van der Waals surface area contributed by atoms with Crippen LogP contribution in [0.1, 0.15) is 44.1 Å². The predicted octanol–water partition coefficient (Wildman–Crippen LogP) is 3.87. The van der Waals surface area contributed by atoms with Crippen LogP contribution in [0, 0.1) is 11.7 Å². The fraction of sp³-hybridized carbons (Fsp3) is 0.571. The molecule has 3 atom stereocenters. The summed E-state index contributed by atoms with van der Waals surface area (Å²) in [6.45, 7) is 0.719. The number of benzene rings is 1. The number of rotatable bonds is 4. The first-order valence-electron chi connectivity index (χ1n) is 10.1. The van der Waals surface area contributed by atoms with Gasteiger partial charge < -0.3 is 15.1 Å². The topological polar surface area (TPSA) is 35.6 Å². The molecule has 1 amide bonds. The number of nitrogens with zero attached hydrogens (tertiary/aromatic N) is 2. The van der Waals surface area contributed by atoms with Crippen molar-refractivity contribution in [2.75, 3.05) is 13.6 Å². The Kier molecular flexibility index (Phi) is 4.36. The van der Waals surface area contributed by atoms with E-state index in [1.54, 1.807) is 12.1 Å². The number of amides is 1. The molecule has 1 aromatic rings. The summed E-state index contributed by atoms with van der Waals surface area (Å²) >= 11 is 10.9. The number of hydrogen-bond acceptors (Lipinski definition) is 4. The number of allylic oxidation sites excluding steroid dienone is 1. The van der Waals surface area contributed by atoms with E-state index in [0.717, 1.165) is 31.5 Å². The second-order valence-corrected chi connectivity index (χ2v) is 9.58. The third kappa shape index (κ3) is 2.75. The zero-order valence-electron chi connectivity index (χ0n) is 15.9. The molecule has 1 aromatic carbocycles. The van der Waals surface area contributed by atoms with Gasteiger partial charge in [0, 0.05) is 47.4 Å². The van der Waals surface area contributed by atoms with E-state index in [1.807, 2.05) is 7.05 Å². The van der Waals surface area contributed by atoms with Gasteiger partial charge in [0.25, 0.3) is 0 Å². The van der Waals surface area contributed by atoms with Gasteiger partial charge in [-0.05, 0) is 43.0 Å². The molecule has 0 aromatic heterocycles. The molecule has 4 nitrogen and oxygen atoms in total. The average Bonchev–Trinajstić information content (AvgIpc) is 2.95. The Morgan fingerprint density at radius 2 is 2.14 bits per heavy atom. The fourth-order valence-electron chi connectivity index (χ4n) is 5.51. The van der Waals surface area contributed by atoms with Crippen molar-refractivity contribution in [2.45, 2.75) is 55.5 Å². The number of piperidine rings is 1. The van der Waals surface area contributed by atoms with Crippen LogP contribution in [0.5, 0.6) is 0 Å². The molecule has 2 heterocycles. The van der Waals surface area contributed by atoms with E-state index in [-0.39, 0.29) is 28.6 Å². The maximum Gasteiger partial charge on any atom is 0.226 e. The van der Waals surface area contributed by atoms with E-state index in [2.05, 4.69) is 15.1 Å². The van der Waals surface area contributed by atoms with Crippen molar-refractivity contribution in [3.8, 4) is 0 Å². The van der Waals surface area contributed by atoms with Gasteiger partial charge in [0.05, 0.1) is 6.42 Å². The molecule has 150 valence electrons. The number of fused-ring (bicyclic) bond motifs is 3. The summed E-state index contributed by atoms with van der Waals surface area (Å²) < 4.78 is 14.6. The number of carbonyl (C=O) groups excluding carboxylic acids is 1. The van der Waals surface area contributed by atoms with Crippen molar-refractivity contribution >= 4 is 30.1 Å². The van der Waals surface area contributed by atoms with Crippen LogP contribution in [0.25, 0.3) is 0 Å². The van der Waals surface area contributed by atoms with Crippen LogP contribution in [-0.2, 0) is 10.2 Å². The first-order chi connectivity index (χ1) is 13.4. The van der Waals surface area contributed by atoms with Crippen molar-refractivity contribution < 1.29 is 9.18 Å². The molecule has 4 aliphatic rings. The third-order valence-electron chi connectivity index (χ3n) is 7.03. The Bertz CT molecular complexity index is 871. The molecule has 7 heteroatoms. The molecule has 1 N–H and O–H groups in total. The second-order valence-electron chi connectivity index (χ2n) is 8.68. The molecule has 28 heavy (non-hydrogen) atoms. The number of carbonyl (C=O) groups is 1. The first kappa shape index (κ1) is 18.6. The second kappa shape index (κ2) is 6.56. The van der Waals surface area contributed by atoms with E-state index in [1.165, 1.54) is 24.6 Å². The number of halogens is 2. The number of thiol groups is 1. The summed E-state index contributed by atoms with van der Waals surface area (Å²) in [5.74, 6) is 0.114. The molecule has 1 unspecified atom stereocenters. The van der Waals surface area contributed by atoms with Crippen LogP contribution < -0.4 is 5.32 Å². The summed E-state index contributed by atoms with van der Waals surface area (Å²) in [7, 11) is 1.99. The van der Waals surface area contributed by atoms with E-state index in [4.69, 9.17) is 24.2 Å². The highest BCUT2D eigenvalue weighted by atomic mass is 35.5. The molecule has 1 saturated heterocycles. The zero-order valence-corrected chi connectivity index (χ0v) is 17.6. The quantitative estimate of drug-likeness (QED) is 0.724. The first-order valence-corrected chi connectivity index (χ1v) is 11.0. The average molecular weight is 422 g/mol. The summed E-state index contributed by atoms with van der Waals surface area (Å²) in [5, 5.41) is 3.75. The maximum atomic E-state index is 14.6. The van der Waals surface area contributed by atoms with Gasteiger partial charge in [-0.1, -0.05) is 24.4 Å². The van der Waals surface area contributed by atoms with Gasteiger partial charge in [0.2, 0.25) is 5.91 Å². The lowest BCUT2D eigenvalue weighted by Crippen LogP contribution is -2.37. The van der Waals surface area contributed by atoms with Gasteiger partial charge in [-0.3, -0.25) is 4.79 Å². The van der Waals surface area contributed by atoms with E-state index in [9.17, 15) is 9.18 Å². The zero-order chi connectivity index (χ0) is 19.6. The Hall–Kier alpha value is -1.40. The van der Waals surface area contributed by atoms with Crippen molar-refractivity contribution in [2.24, 2.45) is 5.92 Å². The van der Waals surface area contributed by atoms with Crippen LogP contribution >= 0.6 is 24.2 Å². The van der Waals surface area contributed by atoms with Crippen molar-refractivity contribution in [1.82, 2.24) is 15.1 Å². The Balaban J connectivity index is 1.42. The smallest absolute Gasteiger partial charge is 0.226 e. The lowest BCUT2D eigenvalue weighted by atomic mass is 9.94. The Morgan fingerprint density at radius 3 is 2.89 bits per heavy atom. The molecule has 0 spiro atoms. The summed E-state index contributed by atoms with van der Waals surface area (Å²) in [6.07, 6.45) is 5.81. The number of nitrogens with one attached hydrogen (secondary N) is 1. The third-order valence-corrected chi connectivity index (χ3v) is 7.89. The standard InChI is InChI=1S/C21H25ClFN3OS/c1-25-17(9-18(27)24-13-4-2-3-5-13)19-15-10-21(15,11-26(19)20(25)28)14-8-12(22)6-7-16(14)23/h6-8,13,15,20,28H,2-5,9-11H2,1H3,(H,24,27)/t15-,20?,21+/m0/s1. The van der Waals surface area contributed by atoms with Crippen LogP contribution in [0.2, 0.25) is 5.02 Å². The van der Waals surface area contributed by atoms with Crippen LogP contribution in [-0.4, -0.2) is 40.8 Å². The highest BCUT2D eigenvalue weighted by molar-refractivity contribution is 7.80. The molecule has 2 aliphatic carbocycles. The summed E-state index contributed by atoms with van der Waals surface area (Å²) in [4.78, 5) is 17.0. The van der Waals surface area contributed by atoms with Gasteiger partial charge in [0.1, 0.15) is 11.3 Å². The van der Waals surface area contributed by atoms with Crippen LogP contribution in [0.15, 0.2) is 29.6 Å². The Labute approximate surface area is 175 Å². The molecular weight excluding hydrogens is 397 g/mol.